The van der Waals surface area contributed by atoms with Crippen molar-refractivity contribution in [2.24, 2.45) is 0 Å². The minimum atomic E-state index is -1.08. The van der Waals surface area contributed by atoms with Gasteiger partial charge in [-0.1, -0.05) is 0 Å². The average molecular weight is 373 g/mol. The predicted octanol–water partition coefficient (Wildman–Crippen LogP) is 2.83. The van der Waals surface area contributed by atoms with Crippen molar-refractivity contribution in [3.8, 4) is 0 Å². The molecule has 0 fully saturated rings. The summed E-state index contributed by atoms with van der Waals surface area (Å²) in [6.07, 6.45) is 1.17. The topological polar surface area (TPSA) is 118 Å². The smallest absolute Gasteiger partial charge is 0.355 e. The molecule has 0 amide bonds. The molecule has 0 unspecified atom stereocenters. The molecule has 2 rings (SSSR count). The van der Waals surface area contributed by atoms with Crippen molar-refractivity contribution in [1.82, 2.24) is 9.97 Å². The van der Waals surface area contributed by atoms with Crippen LogP contribution in [-0.4, -0.2) is 26.0 Å². The van der Waals surface area contributed by atoms with Crippen LogP contribution in [0.15, 0.2) is 16.0 Å². The summed E-state index contributed by atoms with van der Waals surface area (Å²) in [5.74, 6) is -0.645. The number of carbonyl (C=O) groups is 1. The maximum Gasteiger partial charge on any atom is 0.355 e. The van der Waals surface area contributed by atoms with E-state index in [1.165, 1.54) is 22.9 Å². The molecule has 8 nitrogen and oxygen atoms in total. The number of pyridine rings is 1. The van der Waals surface area contributed by atoms with Crippen molar-refractivity contribution in [1.29, 1.82) is 0 Å². The Balaban J connectivity index is 2.14. The highest BCUT2D eigenvalue weighted by molar-refractivity contribution is 9.10. The molecule has 0 atom stereocenters. The SMILES string of the molecule is Cc1c([N+](=O)[O-])cnc(NCc2nc(C(=O)O)cs2)c1Br. The van der Waals surface area contributed by atoms with Gasteiger partial charge in [0.1, 0.15) is 17.0 Å². The van der Waals surface area contributed by atoms with Crippen molar-refractivity contribution in [3.05, 3.63) is 42.4 Å². The van der Waals surface area contributed by atoms with Crippen molar-refractivity contribution in [2.45, 2.75) is 13.5 Å². The van der Waals surface area contributed by atoms with E-state index in [2.05, 4.69) is 31.2 Å². The van der Waals surface area contributed by atoms with Crippen LogP contribution in [0.1, 0.15) is 21.1 Å². The van der Waals surface area contributed by atoms with Gasteiger partial charge in [-0.05, 0) is 22.9 Å². The maximum atomic E-state index is 10.8. The van der Waals surface area contributed by atoms with Gasteiger partial charge in [-0.2, -0.15) is 0 Å². The van der Waals surface area contributed by atoms with Crippen LogP contribution < -0.4 is 5.32 Å². The normalized spacial score (nSPS) is 10.4. The Morgan fingerprint density at radius 3 is 2.90 bits per heavy atom. The fourth-order valence-electron chi connectivity index (χ4n) is 1.53. The van der Waals surface area contributed by atoms with Crippen molar-refractivity contribution in [3.63, 3.8) is 0 Å². The summed E-state index contributed by atoms with van der Waals surface area (Å²) in [7, 11) is 0. The lowest BCUT2D eigenvalue weighted by Crippen LogP contribution is -2.05. The van der Waals surface area contributed by atoms with Crippen LogP contribution in [0, 0.1) is 17.0 Å². The predicted molar refractivity (Wildman–Crippen MR) is 79.7 cm³/mol. The molecular weight excluding hydrogens is 364 g/mol. The lowest BCUT2D eigenvalue weighted by molar-refractivity contribution is -0.385. The van der Waals surface area contributed by atoms with Gasteiger partial charge in [-0.25, -0.2) is 14.8 Å². The zero-order valence-corrected chi connectivity index (χ0v) is 13.1. The number of hydrogen-bond acceptors (Lipinski definition) is 7. The number of nitrogens with zero attached hydrogens (tertiary/aromatic N) is 3. The molecule has 2 aromatic heterocycles. The van der Waals surface area contributed by atoms with Crippen LogP contribution in [-0.2, 0) is 6.54 Å². The molecule has 2 heterocycles. The first-order chi connectivity index (χ1) is 9.90. The lowest BCUT2D eigenvalue weighted by Gasteiger charge is -2.08. The number of hydrogen-bond donors (Lipinski definition) is 2. The van der Waals surface area contributed by atoms with Crippen LogP contribution in [0.25, 0.3) is 0 Å². The lowest BCUT2D eigenvalue weighted by atomic mass is 10.2. The van der Waals surface area contributed by atoms with Gasteiger partial charge in [0, 0.05) is 10.9 Å². The van der Waals surface area contributed by atoms with Crippen molar-refractivity contribution >= 4 is 44.7 Å². The molecule has 0 aliphatic rings. The number of rotatable bonds is 5. The van der Waals surface area contributed by atoms with E-state index in [4.69, 9.17) is 5.11 Å². The van der Waals surface area contributed by atoms with Crippen LogP contribution in [0.2, 0.25) is 0 Å². The number of nitro groups is 1. The van der Waals surface area contributed by atoms with Gasteiger partial charge in [0.2, 0.25) is 0 Å². The number of carboxylic acids is 1. The molecule has 0 spiro atoms. The Bertz CT molecular complexity index is 718. The fourth-order valence-corrected chi connectivity index (χ4v) is 2.68. The molecule has 21 heavy (non-hydrogen) atoms. The fraction of sp³-hybridized carbons (Fsp3) is 0.182. The quantitative estimate of drug-likeness (QED) is 0.611. The molecule has 0 radical (unpaired) electrons. The second-order valence-corrected chi connectivity index (χ2v) is 5.71. The summed E-state index contributed by atoms with van der Waals surface area (Å²) in [4.78, 5) is 28.9. The van der Waals surface area contributed by atoms with Crippen molar-refractivity contribution in [2.75, 3.05) is 5.32 Å². The van der Waals surface area contributed by atoms with Gasteiger partial charge in [0.05, 0.1) is 15.9 Å². The number of thiazole rings is 1. The molecule has 0 aliphatic carbocycles. The average Bonchev–Trinajstić information content (AvgIpc) is 2.89. The summed E-state index contributed by atoms with van der Waals surface area (Å²) in [5, 5.41) is 24.6. The van der Waals surface area contributed by atoms with Crippen LogP contribution in [0.4, 0.5) is 11.5 Å². The van der Waals surface area contributed by atoms with E-state index >= 15 is 0 Å². The summed E-state index contributed by atoms with van der Waals surface area (Å²) in [5.41, 5.74) is 0.376. The molecule has 0 aliphatic heterocycles. The van der Waals surface area contributed by atoms with Crippen LogP contribution in [0.3, 0.4) is 0 Å². The summed E-state index contributed by atoms with van der Waals surface area (Å²) >= 11 is 4.47. The van der Waals surface area contributed by atoms with Gasteiger partial charge in [0.25, 0.3) is 5.69 Å². The first kappa shape index (κ1) is 15.3. The number of anilines is 1. The highest BCUT2D eigenvalue weighted by atomic mass is 79.9. The zero-order valence-electron chi connectivity index (χ0n) is 10.7. The molecule has 0 saturated heterocycles. The molecule has 0 bridgehead atoms. The molecular formula is C11H9BrN4O4S. The molecule has 2 aromatic rings. The van der Waals surface area contributed by atoms with E-state index in [1.54, 1.807) is 6.92 Å². The third-order valence-corrected chi connectivity index (χ3v) is 4.43. The van der Waals surface area contributed by atoms with Gasteiger partial charge in [-0.3, -0.25) is 10.1 Å². The number of halogens is 1. The zero-order chi connectivity index (χ0) is 15.6. The third kappa shape index (κ3) is 3.34. The molecule has 2 N–H and O–H groups in total. The van der Waals surface area contributed by atoms with Crippen LogP contribution in [0.5, 0.6) is 0 Å². The van der Waals surface area contributed by atoms with Gasteiger partial charge in [0.15, 0.2) is 5.69 Å². The summed E-state index contributed by atoms with van der Waals surface area (Å²) in [6, 6.07) is 0. The van der Waals surface area contributed by atoms with Gasteiger partial charge in [-0.15, -0.1) is 11.3 Å². The summed E-state index contributed by atoms with van der Waals surface area (Å²) in [6.45, 7) is 1.89. The maximum absolute atomic E-state index is 10.8. The highest BCUT2D eigenvalue weighted by Gasteiger charge is 2.17. The Morgan fingerprint density at radius 2 is 2.33 bits per heavy atom. The number of aromatic carboxylic acids is 1. The third-order valence-electron chi connectivity index (χ3n) is 2.61. The highest BCUT2D eigenvalue weighted by Crippen LogP contribution is 2.30. The van der Waals surface area contributed by atoms with E-state index in [1.807, 2.05) is 0 Å². The Hall–Kier alpha value is -2.07. The molecule has 10 heteroatoms. The Morgan fingerprint density at radius 1 is 1.62 bits per heavy atom. The largest absolute Gasteiger partial charge is 0.476 e. The van der Waals surface area contributed by atoms with Crippen molar-refractivity contribution < 1.29 is 14.8 Å². The number of carboxylic acid groups (broad SMARTS) is 1. The van der Waals surface area contributed by atoms with E-state index in [0.29, 0.717) is 20.9 Å². The number of aromatic nitrogens is 2. The van der Waals surface area contributed by atoms with E-state index < -0.39 is 10.9 Å². The van der Waals surface area contributed by atoms with Gasteiger partial charge >= 0.3 is 5.97 Å². The summed E-state index contributed by atoms with van der Waals surface area (Å²) < 4.78 is 0.492. The van der Waals surface area contributed by atoms with Gasteiger partial charge < -0.3 is 10.4 Å². The number of nitrogens with one attached hydrogen (secondary N) is 1. The first-order valence-corrected chi connectivity index (χ1v) is 7.28. The first-order valence-electron chi connectivity index (χ1n) is 5.61. The second kappa shape index (κ2) is 6.14. The minimum absolute atomic E-state index is 0.0105. The van der Waals surface area contributed by atoms with Crippen LogP contribution >= 0.6 is 27.3 Å². The Kier molecular flexibility index (Phi) is 4.48. The molecule has 0 saturated carbocycles. The van der Waals surface area contributed by atoms with E-state index in [-0.39, 0.29) is 17.9 Å². The van der Waals surface area contributed by atoms with E-state index in [0.717, 1.165) is 0 Å². The Labute approximate surface area is 131 Å². The monoisotopic (exact) mass is 372 g/mol. The second-order valence-electron chi connectivity index (χ2n) is 3.97. The molecule has 0 aromatic carbocycles. The van der Waals surface area contributed by atoms with E-state index in [9.17, 15) is 14.9 Å². The standard InChI is InChI=1S/C11H9BrN4O4S/c1-5-7(16(19)20)2-13-10(9(5)12)14-3-8-15-6(4-21-8)11(17)18/h2,4H,3H2,1H3,(H,13,14)(H,17,18). The molecule has 110 valence electrons. The minimum Gasteiger partial charge on any atom is -0.476 e.